The van der Waals surface area contributed by atoms with Gasteiger partial charge in [-0.2, -0.15) is 0 Å². The topological polar surface area (TPSA) is 46.5 Å². The Balaban J connectivity index is 2.93. The summed E-state index contributed by atoms with van der Waals surface area (Å²) in [6.45, 7) is 3.79. The number of carbonyl (C=O) groups is 1. The minimum atomic E-state index is -1.04. The van der Waals surface area contributed by atoms with Gasteiger partial charge in [0.1, 0.15) is 0 Å². The lowest BCUT2D eigenvalue weighted by molar-refractivity contribution is -0.156. The van der Waals surface area contributed by atoms with Gasteiger partial charge in [-0.05, 0) is 18.4 Å². The highest BCUT2D eigenvalue weighted by Gasteiger charge is 2.39. The number of hydrogen-bond acceptors (Lipinski definition) is 3. The van der Waals surface area contributed by atoms with Crippen LogP contribution in [0.3, 0.4) is 0 Å². The van der Waals surface area contributed by atoms with Crippen LogP contribution in [-0.2, 0) is 16.0 Å². The van der Waals surface area contributed by atoms with Gasteiger partial charge in [0.05, 0.1) is 18.6 Å². The first-order chi connectivity index (χ1) is 8.57. The van der Waals surface area contributed by atoms with Gasteiger partial charge in [0.2, 0.25) is 0 Å². The summed E-state index contributed by atoms with van der Waals surface area (Å²) in [5.41, 5.74) is -0.00683. The summed E-state index contributed by atoms with van der Waals surface area (Å²) in [7, 11) is 1.36. The quantitative estimate of drug-likeness (QED) is 0.789. The van der Waals surface area contributed by atoms with E-state index in [0.717, 1.165) is 5.56 Å². The van der Waals surface area contributed by atoms with E-state index in [1.165, 1.54) is 7.11 Å². The van der Waals surface area contributed by atoms with Crippen molar-refractivity contribution in [2.24, 2.45) is 5.92 Å². The van der Waals surface area contributed by atoms with Gasteiger partial charge in [-0.3, -0.25) is 4.79 Å². The standard InChI is InChI=1S/C15H22O3/c1-4-13(14(16)18-3)15(17,5-2)11-12-9-7-6-8-10-12/h6-10,13,17H,4-5,11H2,1-3H3. The van der Waals surface area contributed by atoms with Crippen molar-refractivity contribution in [3.8, 4) is 0 Å². The molecule has 3 heteroatoms. The van der Waals surface area contributed by atoms with Gasteiger partial charge in [0.25, 0.3) is 0 Å². The highest BCUT2D eigenvalue weighted by atomic mass is 16.5. The van der Waals surface area contributed by atoms with Crippen LogP contribution in [0.4, 0.5) is 0 Å². The second-order valence-corrected chi connectivity index (χ2v) is 4.60. The Kier molecular flexibility index (Phi) is 5.35. The largest absolute Gasteiger partial charge is 0.469 e. The van der Waals surface area contributed by atoms with Crippen LogP contribution in [0.15, 0.2) is 30.3 Å². The number of benzene rings is 1. The molecule has 0 saturated carbocycles. The zero-order valence-corrected chi connectivity index (χ0v) is 11.3. The molecule has 2 unspecified atom stereocenters. The molecule has 1 aromatic carbocycles. The van der Waals surface area contributed by atoms with E-state index >= 15 is 0 Å². The predicted octanol–water partition coefficient (Wildman–Crippen LogP) is 2.57. The van der Waals surface area contributed by atoms with Gasteiger partial charge in [-0.1, -0.05) is 44.2 Å². The van der Waals surface area contributed by atoms with Gasteiger partial charge in [0, 0.05) is 6.42 Å². The van der Waals surface area contributed by atoms with Crippen molar-refractivity contribution in [1.29, 1.82) is 0 Å². The lowest BCUT2D eigenvalue weighted by Gasteiger charge is -2.33. The Morgan fingerprint density at radius 1 is 1.33 bits per heavy atom. The van der Waals surface area contributed by atoms with Crippen LogP contribution in [0.1, 0.15) is 32.3 Å². The highest BCUT2D eigenvalue weighted by Crippen LogP contribution is 2.29. The zero-order chi connectivity index (χ0) is 13.6. The number of carbonyl (C=O) groups excluding carboxylic acids is 1. The normalized spacial score (nSPS) is 15.8. The molecule has 0 bridgehead atoms. The molecule has 100 valence electrons. The van der Waals surface area contributed by atoms with E-state index in [2.05, 4.69) is 0 Å². The first-order valence-corrected chi connectivity index (χ1v) is 6.41. The first kappa shape index (κ1) is 14.7. The Hall–Kier alpha value is -1.35. The number of ether oxygens (including phenoxy) is 1. The predicted molar refractivity (Wildman–Crippen MR) is 71.2 cm³/mol. The second-order valence-electron chi connectivity index (χ2n) is 4.60. The molecular formula is C15H22O3. The Morgan fingerprint density at radius 2 is 1.94 bits per heavy atom. The summed E-state index contributed by atoms with van der Waals surface area (Å²) in [5, 5.41) is 10.7. The van der Waals surface area contributed by atoms with E-state index in [0.29, 0.717) is 19.3 Å². The fourth-order valence-electron chi connectivity index (χ4n) is 2.35. The minimum absolute atomic E-state index is 0.335. The van der Waals surface area contributed by atoms with Crippen molar-refractivity contribution in [3.05, 3.63) is 35.9 Å². The smallest absolute Gasteiger partial charge is 0.311 e. The van der Waals surface area contributed by atoms with Crippen LogP contribution < -0.4 is 0 Å². The minimum Gasteiger partial charge on any atom is -0.469 e. The molecule has 0 aliphatic heterocycles. The van der Waals surface area contributed by atoms with E-state index in [1.54, 1.807) is 0 Å². The van der Waals surface area contributed by atoms with Gasteiger partial charge in [-0.25, -0.2) is 0 Å². The third kappa shape index (κ3) is 3.33. The molecule has 1 aromatic rings. The fraction of sp³-hybridized carbons (Fsp3) is 0.533. The SMILES string of the molecule is CCC(C(=O)OC)C(O)(CC)Cc1ccccc1. The van der Waals surface area contributed by atoms with Crippen LogP contribution in [0.5, 0.6) is 0 Å². The maximum absolute atomic E-state index is 11.8. The summed E-state index contributed by atoms with van der Waals surface area (Å²) in [5.74, 6) is -0.814. The summed E-state index contributed by atoms with van der Waals surface area (Å²) < 4.78 is 4.79. The molecule has 3 nitrogen and oxygen atoms in total. The summed E-state index contributed by atoms with van der Waals surface area (Å²) >= 11 is 0. The summed E-state index contributed by atoms with van der Waals surface area (Å²) in [6, 6.07) is 9.73. The zero-order valence-electron chi connectivity index (χ0n) is 11.3. The number of esters is 1. The summed E-state index contributed by atoms with van der Waals surface area (Å²) in [4.78, 5) is 11.8. The molecule has 1 N–H and O–H groups in total. The Labute approximate surface area is 109 Å². The number of aliphatic hydroxyl groups is 1. The lowest BCUT2D eigenvalue weighted by Crippen LogP contribution is -2.44. The van der Waals surface area contributed by atoms with Crippen LogP contribution in [0.2, 0.25) is 0 Å². The molecule has 0 saturated heterocycles. The third-order valence-electron chi connectivity index (χ3n) is 3.51. The van der Waals surface area contributed by atoms with Crippen LogP contribution in [-0.4, -0.2) is 23.8 Å². The van der Waals surface area contributed by atoms with Gasteiger partial charge in [0.15, 0.2) is 0 Å². The van der Waals surface area contributed by atoms with Crippen molar-refractivity contribution in [3.63, 3.8) is 0 Å². The molecule has 0 aliphatic rings. The molecule has 0 fully saturated rings. The van der Waals surface area contributed by atoms with E-state index in [4.69, 9.17) is 4.74 Å². The lowest BCUT2D eigenvalue weighted by atomic mass is 9.78. The monoisotopic (exact) mass is 250 g/mol. The van der Waals surface area contributed by atoms with E-state index < -0.39 is 11.5 Å². The second kappa shape index (κ2) is 6.55. The average Bonchev–Trinajstić information content (AvgIpc) is 2.40. The highest BCUT2D eigenvalue weighted by molar-refractivity contribution is 5.73. The van der Waals surface area contributed by atoms with E-state index in [1.807, 2.05) is 44.2 Å². The van der Waals surface area contributed by atoms with Gasteiger partial charge < -0.3 is 9.84 Å². The molecule has 1 rings (SSSR count). The molecule has 0 aliphatic carbocycles. The Morgan fingerprint density at radius 3 is 2.39 bits per heavy atom. The molecule has 18 heavy (non-hydrogen) atoms. The van der Waals surface area contributed by atoms with Crippen LogP contribution in [0.25, 0.3) is 0 Å². The molecule has 0 heterocycles. The van der Waals surface area contributed by atoms with Gasteiger partial charge in [-0.15, -0.1) is 0 Å². The van der Waals surface area contributed by atoms with Crippen molar-refractivity contribution in [1.82, 2.24) is 0 Å². The Bertz CT molecular complexity index is 375. The maximum atomic E-state index is 11.8. The molecule has 2 atom stereocenters. The van der Waals surface area contributed by atoms with Crippen LogP contribution >= 0.6 is 0 Å². The van der Waals surface area contributed by atoms with Crippen molar-refractivity contribution < 1.29 is 14.6 Å². The molecular weight excluding hydrogens is 228 g/mol. The van der Waals surface area contributed by atoms with Crippen molar-refractivity contribution in [2.75, 3.05) is 7.11 Å². The van der Waals surface area contributed by atoms with Crippen molar-refractivity contribution >= 4 is 5.97 Å². The maximum Gasteiger partial charge on any atom is 0.311 e. The fourth-order valence-corrected chi connectivity index (χ4v) is 2.35. The molecule has 0 spiro atoms. The molecule has 0 radical (unpaired) electrons. The average molecular weight is 250 g/mol. The van der Waals surface area contributed by atoms with Gasteiger partial charge >= 0.3 is 5.97 Å². The number of hydrogen-bond donors (Lipinski definition) is 1. The van der Waals surface area contributed by atoms with Crippen LogP contribution in [0, 0.1) is 5.92 Å². The third-order valence-corrected chi connectivity index (χ3v) is 3.51. The molecule has 0 amide bonds. The van der Waals surface area contributed by atoms with Crippen molar-refractivity contribution in [2.45, 2.75) is 38.7 Å². The van der Waals surface area contributed by atoms with E-state index in [-0.39, 0.29) is 5.97 Å². The number of rotatable bonds is 6. The number of methoxy groups -OCH3 is 1. The summed E-state index contributed by atoms with van der Waals surface area (Å²) in [6.07, 6.45) is 1.57. The first-order valence-electron chi connectivity index (χ1n) is 6.41. The molecule has 0 aromatic heterocycles. The van der Waals surface area contributed by atoms with E-state index in [9.17, 15) is 9.90 Å².